The smallest absolute Gasteiger partial charge is 0.140 e. The average molecular weight is 304 g/mol. The molecule has 0 amide bonds. The van der Waals surface area contributed by atoms with Gasteiger partial charge in [-0.1, -0.05) is 39.0 Å². The molecule has 0 aliphatic rings. The Morgan fingerprint density at radius 1 is 1.29 bits per heavy atom. The Morgan fingerprint density at radius 3 is 2.62 bits per heavy atom. The van der Waals surface area contributed by atoms with E-state index in [2.05, 4.69) is 37.2 Å². The molecule has 2 N–H and O–H groups in total. The van der Waals surface area contributed by atoms with Crippen molar-refractivity contribution in [2.45, 2.75) is 52.2 Å². The molecular weight excluding hydrogens is 280 g/mol. The zero-order chi connectivity index (χ0) is 15.5. The van der Waals surface area contributed by atoms with Crippen molar-refractivity contribution in [2.24, 2.45) is 5.73 Å². The Bertz CT molecular complexity index is 584. The maximum absolute atomic E-state index is 5.94. The summed E-state index contributed by atoms with van der Waals surface area (Å²) in [5, 5.41) is 3.13. The van der Waals surface area contributed by atoms with Crippen LogP contribution in [0.1, 0.15) is 44.0 Å². The first-order valence-electron chi connectivity index (χ1n) is 7.27. The number of ether oxygens (including phenoxy) is 1. The maximum Gasteiger partial charge on any atom is 0.140 e. The van der Waals surface area contributed by atoms with Crippen molar-refractivity contribution in [1.82, 2.24) is 4.98 Å². The standard InChI is InChI=1S/C17H24N2OS/c1-12(18)9-13-7-5-6-8-14(13)20-10-16-19-15(11-21-16)17(2,3)4/h5-8,11-12H,9-10,18H2,1-4H3. The van der Waals surface area contributed by atoms with Crippen molar-refractivity contribution in [3.63, 3.8) is 0 Å². The van der Waals surface area contributed by atoms with Crippen LogP contribution >= 0.6 is 11.3 Å². The summed E-state index contributed by atoms with van der Waals surface area (Å²) in [7, 11) is 0. The Hall–Kier alpha value is -1.39. The van der Waals surface area contributed by atoms with Gasteiger partial charge in [-0.15, -0.1) is 11.3 Å². The summed E-state index contributed by atoms with van der Waals surface area (Å²) in [5.41, 5.74) is 8.24. The van der Waals surface area contributed by atoms with Crippen LogP contribution < -0.4 is 10.5 Å². The van der Waals surface area contributed by atoms with Gasteiger partial charge < -0.3 is 10.5 Å². The lowest BCUT2D eigenvalue weighted by Crippen LogP contribution is -2.18. The molecule has 0 saturated heterocycles. The zero-order valence-electron chi connectivity index (χ0n) is 13.2. The number of nitrogens with two attached hydrogens (primary N) is 1. The van der Waals surface area contributed by atoms with E-state index in [1.165, 1.54) is 0 Å². The van der Waals surface area contributed by atoms with Crippen LogP contribution in [0.2, 0.25) is 0 Å². The first-order chi connectivity index (χ1) is 9.86. The average Bonchev–Trinajstić information content (AvgIpc) is 2.86. The highest BCUT2D eigenvalue weighted by molar-refractivity contribution is 7.09. The lowest BCUT2D eigenvalue weighted by Gasteiger charge is -2.14. The van der Waals surface area contributed by atoms with E-state index in [1.54, 1.807) is 11.3 Å². The van der Waals surface area contributed by atoms with Crippen LogP contribution in [0.4, 0.5) is 0 Å². The second-order valence-corrected chi connectivity index (χ2v) is 7.40. The van der Waals surface area contributed by atoms with Gasteiger partial charge in [0.05, 0.1) is 5.69 Å². The minimum atomic E-state index is 0.0850. The molecule has 0 saturated carbocycles. The fourth-order valence-electron chi connectivity index (χ4n) is 2.02. The molecule has 2 rings (SSSR count). The molecule has 1 heterocycles. The van der Waals surface area contributed by atoms with Crippen molar-refractivity contribution in [3.05, 3.63) is 45.9 Å². The van der Waals surface area contributed by atoms with Gasteiger partial charge in [-0.25, -0.2) is 4.98 Å². The Balaban J connectivity index is 2.05. The molecule has 0 bridgehead atoms. The molecule has 0 aliphatic heterocycles. The monoisotopic (exact) mass is 304 g/mol. The van der Waals surface area contributed by atoms with Crippen molar-refractivity contribution >= 4 is 11.3 Å². The highest BCUT2D eigenvalue weighted by Crippen LogP contribution is 2.25. The fraction of sp³-hybridized carbons (Fsp3) is 0.471. The van der Waals surface area contributed by atoms with Crippen LogP contribution in [0.15, 0.2) is 29.6 Å². The van der Waals surface area contributed by atoms with Crippen molar-refractivity contribution in [2.75, 3.05) is 0 Å². The van der Waals surface area contributed by atoms with Crippen LogP contribution in [-0.4, -0.2) is 11.0 Å². The van der Waals surface area contributed by atoms with Gasteiger partial charge in [0.15, 0.2) is 0 Å². The van der Waals surface area contributed by atoms with E-state index in [0.29, 0.717) is 6.61 Å². The fourth-order valence-corrected chi connectivity index (χ4v) is 2.95. The highest BCUT2D eigenvalue weighted by Gasteiger charge is 2.17. The number of rotatable bonds is 5. The second kappa shape index (κ2) is 6.58. The minimum Gasteiger partial charge on any atom is -0.486 e. The summed E-state index contributed by atoms with van der Waals surface area (Å²) in [4.78, 5) is 4.66. The lowest BCUT2D eigenvalue weighted by atomic mass is 9.93. The van der Waals surface area contributed by atoms with Crippen LogP contribution in [-0.2, 0) is 18.4 Å². The number of nitrogens with zero attached hydrogens (tertiary/aromatic N) is 1. The van der Waals surface area contributed by atoms with E-state index >= 15 is 0 Å². The van der Waals surface area contributed by atoms with Crippen molar-refractivity contribution in [1.29, 1.82) is 0 Å². The first-order valence-corrected chi connectivity index (χ1v) is 8.15. The Morgan fingerprint density at radius 2 is 2.00 bits per heavy atom. The topological polar surface area (TPSA) is 48.1 Å². The van der Waals surface area contributed by atoms with Gasteiger partial charge in [0.25, 0.3) is 0 Å². The number of hydrogen-bond acceptors (Lipinski definition) is 4. The summed E-state index contributed by atoms with van der Waals surface area (Å²) in [5.74, 6) is 0.905. The normalized spacial score (nSPS) is 13.2. The second-order valence-electron chi connectivity index (χ2n) is 6.45. The molecule has 0 fully saturated rings. The number of aromatic nitrogens is 1. The summed E-state index contributed by atoms with van der Waals surface area (Å²) in [6.45, 7) is 9.03. The highest BCUT2D eigenvalue weighted by atomic mass is 32.1. The van der Waals surface area contributed by atoms with E-state index in [4.69, 9.17) is 10.5 Å². The molecule has 4 heteroatoms. The summed E-state index contributed by atoms with van der Waals surface area (Å²) < 4.78 is 5.94. The zero-order valence-corrected chi connectivity index (χ0v) is 14.0. The maximum atomic E-state index is 5.94. The van der Waals surface area contributed by atoms with E-state index in [1.807, 2.05) is 25.1 Å². The lowest BCUT2D eigenvalue weighted by molar-refractivity contribution is 0.301. The predicted octanol–water partition coefficient (Wildman–Crippen LogP) is 3.91. The van der Waals surface area contributed by atoms with Crippen LogP contribution in [0.25, 0.3) is 0 Å². The first kappa shape index (κ1) is 16.0. The van der Waals surface area contributed by atoms with Gasteiger partial charge in [0.2, 0.25) is 0 Å². The molecule has 1 unspecified atom stereocenters. The predicted molar refractivity (Wildman–Crippen MR) is 88.9 cm³/mol. The van der Waals surface area contributed by atoms with Crippen LogP contribution in [0.5, 0.6) is 5.75 Å². The van der Waals surface area contributed by atoms with Crippen molar-refractivity contribution in [3.8, 4) is 5.75 Å². The third-order valence-corrected chi connectivity index (χ3v) is 4.01. The van der Waals surface area contributed by atoms with Gasteiger partial charge in [-0.05, 0) is 25.0 Å². The number of thiazole rings is 1. The minimum absolute atomic E-state index is 0.0850. The van der Waals surface area contributed by atoms with Crippen molar-refractivity contribution < 1.29 is 4.74 Å². The summed E-state index contributed by atoms with van der Waals surface area (Å²) >= 11 is 1.65. The van der Waals surface area contributed by atoms with Gasteiger partial charge >= 0.3 is 0 Å². The third kappa shape index (κ3) is 4.55. The number of para-hydroxylation sites is 1. The number of benzene rings is 1. The van der Waals surface area contributed by atoms with Gasteiger partial charge in [0.1, 0.15) is 17.4 Å². The quantitative estimate of drug-likeness (QED) is 0.911. The molecule has 0 spiro atoms. The van der Waals surface area contributed by atoms with E-state index in [9.17, 15) is 0 Å². The van der Waals surface area contributed by atoms with Crippen LogP contribution in [0.3, 0.4) is 0 Å². The molecule has 0 aliphatic carbocycles. The van der Waals surface area contributed by atoms with Gasteiger partial charge in [-0.2, -0.15) is 0 Å². The van der Waals surface area contributed by atoms with Gasteiger partial charge in [-0.3, -0.25) is 0 Å². The molecule has 1 aromatic heterocycles. The molecular formula is C17H24N2OS. The molecule has 1 atom stereocenters. The molecule has 3 nitrogen and oxygen atoms in total. The molecule has 114 valence electrons. The van der Waals surface area contributed by atoms with Gasteiger partial charge in [0, 0.05) is 16.8 Å². The van der Waals surface area contributed by atoms with Crippen LogP contribution in [0, 0.1) is 0 Å². The van der Waals surface area contributed by atoms with E-state index in [-0.39, 0.29) is 11.5 Å². The third-order valence-electron chi connectivity index (χ3n) is 3.19. The number of hydrogen-bond donors (Lipinski definition) is 1. The van der Waals surface area contributed by atoms with E-state index < -0.39 is 0 Å². The summed E-state index contributed by atoms with van der Waals surface area (Å²) in [6.07, 6.45) is 0.821. The molecule has 21 heavy (non-hydrogen) atoms. The Labute approximate surface area is 131 Å². The Kier molecular flexibility index (Phi) is 5.01. The summed E-state index contributed by atoms with van der Waals surface area (Å²) in [6, 6.07) is 8.20. The van der Waals surface area contributed by atoms with E-state index in [0.717, 1.165) is 28.4 Å². The molecule has 0 radical (unpaired) electrons. The molecule has 2 aromatic rings. The SMILES string of the molecule is CC(N)Cc1ccccc1OCc1nc(C(C)(C)C)cs1. The molecule has 1 aromatic carbocycles. The largest absolute Gasteiger partial charge is 0.486 e.